The first-order valence-electron chi connectivity index (χ1n) is 5.76. The van der Waals surface area contributed by atoms with E-state index in [4.69, 9.17) is 10.5 Å². The predicted molar refractivity (Wildman–Crippen MR) is 59.3 cm³/mol. The molecule has 84 valence electrons. The molecule has 1 heterocycles. The van der Waals surface area contributed by atoms with E-state index in [1.807, 2.05) is 0 Å². The summed E-state index contributed by atoms with van der Waals surface area (Å²) in [6.45, 7) is 9.60. The van der Waals surface area contributed by atoms with Gasteiger partial charge in [-0.2, -0.15) is 0 Å². The Morgan fingerprint density at radius 1 is 1.57 bits per heavy atom. The van der Waals surface area contributed by atoms with Crippen LogP contribution < -0.4 is 5.73 Å². The van der Waals surface area contributed by atoms with Crippen molar-refractivity contribution in [2.45, 2.75) is 32.8 Å². The van der Waals surface area contributed by atoms with Gasteiger partial charge < -0.3 is 15.4 Å². The Balaban J connectivity index is 2.27. The van der Waals surface area contributed by atoms with E-state index in [1.54, 1.807) is 0 Å². The van der Waals surface area contributed by atoms with Crippen LogP contribution in [0, 0.1) is 5.92 Å². The summed E-state index contributed by atoms with van der Waals surface area (Å²) in [6, 6.07) is 0. The van der Waals surface area contributed by atoms with Crippen LogP contribution in [0.3, 0.4) is 0 Å². The summed E-state index contributed by atoms with van der Waals surface area (Å²) >= 11 is 0. The fraction of sp³-hybridized carbons (Fsp3) is 1.00. The van der Waals surface area contributed by atoms with Crippen LogP contribution in [0.25, 0.3) is 0 Å². The highest BCUT2D eigenvalue weighted by molar-refractivity contribution is 4.69. The van der Waals surface area contributed by atoms with Crippen molar-refractivity contribution >= 4 is 0 Å². The van der Waals surface area contributed by atoms with Crippen LogP contribution in [0.4, 0.5) is 0 Å². The molecule has 0 aromatic heterocycles. The van der Waals surface area contributed by atoms with Gasteiger partial charge in [0.15, 0.2) is 0 Å². The predicted octanol–water partition coefficient (Wildman–Crippen LogP) is 1.08. The molecule has 1 rings (SSSR count). The summed E-state index contributed by atoms with van der Waals surface area (Å²) < 4.78 is 5.61. The van der Waals surface area contributed by atoms with Crippen molar-refractivity contribution in [3.8, 4) is 0 Å². The molecule has 0 aliphatic carbocycles. The van der Waals surface area contributed by atoms with Crippen LogP contribution in [0.2, 0.25) is 0 Å². The van der Waals surface area contributed by atoms with Crippen LogP contribution in [0.5, 0.6) is 0 Å². The lowest BCUT2D eigenvalue weighted by molar-refractivity contribution is 0.0657. The quantitative estimate of drug-likeness (QED) is 0.738. The molecule has 3 heteroatoms. The smallest absolute Gasteiger partial charge is 0.0673 e. The number of nitrogens with two attached hydrogens (primary N) is 1. The minimum atomic E-state index is 0.391. The molecule has 0 bridgehead atoms. The van der Waals surface area contributed by atoms with Gasteiger partial charge in [0, 0.05) is 26.2 Å². The van der Waals surface area contributed by atoms with E-state index in [2.05, 4.69) is 18.7 Å². The van der Waals surface area contributed by atoms with Crippen molar-refractivity contribution < 1.29 is 4.74 Å². The maximum atomic E-state index is 5.61. The van der Waals surface area contributed by atoms with Crippen molar-refractivity contribution in [1.82, 2.24) is 4.90 Å². The largest absolute Gasteiger partial charge is 0.377 e. The SMILES string of the molecule is CC(CCN)CN1CCCOC(C)C1. The summed E-state index contributed by atoms with van der Waals surface area (Å²) in [6.07, 6.45) is 2.69. The molecule has 0 amide bonds. The van der Waals surface area contributed by atoms with Crippen molar-refractivity contribution in [2.75, 3.05) is 32.8 Å². The molecule has 2 N–H and O–H groups in total. The maximum Gasteiger partial charge on any atom is 0.0673 e. The van der Waals surface area contributed by atoms with Gasteiger partial charge in [0.1, 0.15) is 0 Å². The summed E-state index contributed by atoms with van der Waals surface area (Å²) in [5.41, 5.74) is 5.55. The highest BCUT2D eigenvalue weighted by Crippen LogP contribution is 2.09. The van der Waals surface area contributed by atoms with E-state index < -0.39 is 0 Å². The third-order valence-corrected chi connectivity index (χ3v) is 2.77. The average molecular weight is 200 g/mol. The van der Waals surface area contributed by atoms with Gasteiger partial charge in [-0.05, 0) is 32.2 Å². The molecule has 0 spiro atoms. The van der Waals surface area contributed by atoms with Gasteiger partial charge in [-0.3, -0.25) is 0 Å². The first kappa shape index (κ1) is 12.0. The Kier molecular flexibility index (Phi) is 5.45. The molecule has 1 aliphatic heterocycles. The Morgan fingerprint density at radius 3 is 3.07 bits per heavy atom. The molecule has 0 aromatic carbocycles. The molecule has 3 nitrogen and oxygen atoms in total. The molecule has 0 radical (unpaired) electrons. The minimum Gasteiger partial charge on any atom is -0.377 e. The summed E-state index contributed by atoms with van der Waals surface area (Å²) in [4.78, 5) is 2.51. The normalized spacial score (nSPS) is 27.2. The fourth-order valence-corrected chi connectivity index (χ4v) is 2.06. The van der Waals surface area contributed by atoms with Gasteiger partial charge >= 0.3 is 0 Å². The number of hydrogen-bond acceptors (Lipinski definition) is 3. The van der Waals surface area contributed by atoms with E-state index in [0.717, 1.165) is 26.1 Å². The monoisotopic (exact) mass is 200 g/mol. The van der Waals surface area contributed by atoms with Gasteiger partial charge in [-0.15, -0.1) is 0 Å². The van der Waals surface area contributed by atoms with E-state index >= 15 is 0 Å². The van der Waals surface area contributed by atoms with Crippen LogP contribution >= 0.6 is 0 Å². The van der Waals surface area contributed by atoms with Crippen LogP contribution in [-0.2, 0) is 4.74 Å². The molecule has 0 aromatic rings. The van der Waals surface area contributed by atoms with Crippen molar-refractivity contribution in [2.24, 2.45) is 11.7 Å². The topological polar surface area (TPSA) is 38.5 Å². The second kappa shape index (κ2) is 6.38. The molecule has 2 atom stereocenters. The fourth-order valence-electron chi connectivity index (χ4n) is 2.06. The molecule has 2 unspecified atom stereocenters. The zero-order valence-electron chi connectivity index (χ0n) is 9.54. The summed E-state index contributed by atoms with van der Waals surface area (Å²) in [5, 5.41) is 0. The lowest BCUT2D eigenvalue weighted by Crippen LogP contribution is -2.34. The zero-order chi connectivity index (χ0) is 10.4. The second-order valence-corrected chi connectivity index (χ2v) is 4.48. The van der Waals surface area contributed by atoms with E-state index in [9.17, 15) is 0 Å². The first-order chi connectivity index (χ1) is 6.72. The lowest BCUT2D eigenvalue weighted by Gasteiger charge is -2.24. The van der Waals surface area contributed by atoms with E-state index in [0.29, 0.717) is 12.0 Å². The van der Waals surface area contributed by atoms with Crippen LogP contribution in [0.15, 0.2) is 0 Å². The molecule has 1 aliphatic rings. The van der Waals surface area contributed by atoms with E-state index in [-0.39, 0.29) is 0 Å². The molecule has 14 heavy (non-hydrogen) atoms. The molecule has 1 saturated heterocycles. The summed E-state index contributed by atoms with van der Waals surface area (Å²) in [7, 11) is 0. The lowest BCUT2D eigenvalue weighted by atomic mass is 10.1. The Hall–Kier alpha value is -0.120. The highest BCUT2D eigenvalue weighted by Gasteiger charge is 2.16. The highest BCUT2D eigenvalue weighted by atomic mass is 16.5. The third kappa shape index (κ3) is 4.40. The molecule has 0 saturated carbocycles. The van der Waals surface area contributed by atoms with Gasteiger partial charge in [0.2, 0.25) is 0 Å². The van der Waals surface area contributed by atoms with Crippen LogP contribution in [-0.4, -0.2) is 43.8 Å². The Bertz CT molecular complexity index is 152. The Morgan fingerprint density at radius 2 is 2.36 bits per heavy atom. The third-order valence-electron chi connectivity index (χ3n) is 2.77. The van der Waals surface area contributed by atoms with Crippen LogP contribution in [0.1, 0.15) is 26.7 Å². The number of ether oxygens (including phenoxy) is 1. The van der Waals surface area contributed by atoms with Crippen molar-refractivity contribution in [1.29, 1.82) is 0 Å². The van der Waals surface area contributed by atoms with E-state index in [1.165, 1.54) is 19.5 Å². The second-order valence-electron chi connectivity index (χ2n) is 4.48. The van der Waals surface area contributed by atoms with Gasteiger partial charge in [0.25, 0.3) is 0 Å². The van der Waals surface area contributed by atoms with Gasteiger partial charge in [0.05, 0.1) is 6.10 Å². The Labute approximate surface area is 87.6 Å². The van der Waals surface area contributed by atoms with Gasteiger partial charge in [-0.1, -0.05) is 6.92 Å². The molecule has 1 fully saturated rings. The summed E-state index contributed by atoms with van der Waals surface area (Å²) in [5.74, 6) is 0.713. The van der Waals surface area contributed by atoms with Gasteiger partial charge in [-0.25, -0.2) is 0 Å². The van der Waals surface area contributed by atoms with Crippen molar-refractivity contribution in [3.63, 3.8) is 0 Å². The average Bonchev–Trinajstić information content (AvgIpc) is 2.30. The zero-order valence-corrected chi connectivity index (χ0v) is 9.54. The standard InChI is InChI=1S/C11H24N2O/c1-10(4-5-12)8-13-6-3-7-14-11(2)9-13/h10-11H,3-9,12H2,1-2H3. The molecular weight excluding hydrogens is 176 g/mol. The maximum absolute atomic E-state index is 5.61. The minimum absolute atomic E-state index is 0.391. The number of nitrogens with zero attached hydrogens (tertiary/aromatic N) is 1. The molecular formula is C11H24N2O. The van der Waals surface area contributed by atoms with Crippen molar-refractivity contribution in [3.05, 3.63) is 0 Å². The number of hydrogen-bond donors (Lipinski definition) is 1. The first-order valence-corrected chi connectivity index (χ1v) is 5.76. The number of rotatable bonds is 4.